The second-order valence-corrected chi connectivity index (χ2v) is 6.46. The molecule has 2 aromatic rings. The number of rotatable bonds is 5. The van der Waals surface area contributed by atoms with E-state index < -0.39 is 6.04 Å². The SMILES string of the molecule is CCNC(=O)C1CCCN1C(=O)Nc1cccc(-c2ccccc2OC)c1. The third-order valence-electron chi connectivity index (χ3n) is 4.70. The molecule has 1 atom stereocenters. The number of benzene rings is 2. The second-order valence-electron chi connectivity index (χ2n) is 6.46. The van der Waals surface area contributed by atoms with Crippen molar-refractivity contribution in [3.63, 3.8) is 0 Å². The van der Waals surface area contributed by atoms with Gasteiger partial charge in [0, 0.05) is 24.3 Å². The Morgan fingerprint density at radius 1 is 1.19 bits per heavy atom. The molecular weight excluding hydrogens is 342 g/mol. The van der Waals surface area contributed by atoms with E-state index >= 15 is 0 Å². The maximum Gasteiger partial charge on any atom is 0.322 e. The van der Waals surface area contributed by atoms with E-state index in [1.165, 1.54) is 0 Å². The smallest absolute Gasteiger partial charge is 0.322 e. The number of carbonyl (C=O) groups is 2. The maximum absolute atomic E-state index is 12.7. The Balaban J connectivity index is 1.76. The van der Waals surface area contributed by atoms with E-state index in [-0.39, 0.29) is 11.9 Å². The van der Waals surface area contributed by atoms with Gasteiger partial charge in [-0.1, -0.05) is 30.3 Å². The van der Waals surface area contributed by atoms with Crippen molar-refractivity contribution in [1.29, 1.82) is 0 Å². The number of likely N-dealkylation sites (N-methyl/N-ethyl adjacent to an activating group) is 1. The van der Waals surface area contributed by atoms with Gasteiger partial charge < -0.3 is 20.3 Å². The molecule has 1 unspecified atom stereocenters. The molecule has 1 aliphatic heterocycles. The Labute approximate surface area is 159 Å². The zero-order valence-corrected chi connectivity index (χ0v) is 15.7. The summed E-state index contributed by atoms with van der Waals surface area (Å²) in [7, 11) is 1.64. The van der Waals surface area contributed by atoms with Gasteiger partial charge in [0.1, 0.15) is 11.8 Å². The monoisotopic (exact) mass is 367 g/mol. The van der Waals surface area contributed by atoms with Crippen molar-refractivity contribution in [2.24, 2.45) is 0 Å². The number of para-hydroxylation sites is 1. The number of nitrogens with zero attached hydrogens (tertiary/aromatic N) is 1. The first kappa shape index (κ1) is 18.8. The maximum atomic E-state index is 12.7. The van der Waals surface area contributed by atoms with Gasteiger partial charge in [0.05, 0.1) is 7.11 Å². The number of anilines is 1. The van der Waals surface area contributed by atoms with Crippen LogP contribution < -0.4 is 15.4 Å². The lowest BCUT2D eigenvalue weighted by Gasteiger charge is -2.24. The van der Waals surface area contributed by atoms with Crippen LogP contribution in [0.3, 0.4) is 0 Å². The van der Waals surface area contributed by atoms with E-state index in [0.29, 0.717) is 25.2 Å². The fraction of sp³-hybridized carbons (Fsp3) is 0.333. The van der Waals surface area contributed by atoms with E-state index in [1.54, 1.807) is 12.0 Å². The van der Waals surface area contributed by atoms with Gasteiger partial charge in [0.2, 0.25) is 5.91 Å². The first-order valence-corrected chi connectivity index (χ1v) is 9.22. The average molecular weight is 367 g/mol. The first-order valence-electron chi connectivity index (χ1n) is 9.22. The Morgan fingerprint density at radius 2 is 2.00 bits per heavy atom. The lowest BCUT2D eigenvalue weighted by atomic mass is 10.0. The Morgan fingerprint density at radius 3 is 2.78 bits per heavy atom. The molecule has 3 amide bonds. The summed E-state index contributed by atoms with van der Waals surface area (Å²) in [5.41, 5.74) is 2.59. The highest BCUT2D eigenvalue weighted by Crippen LogP contribution is 2.31. The Hall–Kier alpha value is -3.02. The minimum Gasteiger partial charge on any atom is -0.496 e. The number of carbonyl (C=O) groups excluding carboxylic acids is 2. The summed E-state index contributed by atoms with van der Waals surface area (Å²) in [5.74, 6) is 0.685. The van der Waals surface area contributed by atoms with Crippen LogP contribution in [0.1, 0.15) is 19.8 Å². The molecule has 2 aromatic carbocycles. The molecule has 0 saturated carbocycles. The van der Waals surface area contributed by atoms with Crippen LogP contribution in [0.5, 0.6) is 5.75 Å². The van der Waals surface area contributed by atoms with Crippen LogP contribution >= 0.6 is 0 Å². The van der Waals surface area contributed by atoms with E-state index in [9.17, 15) is 9.59 Å². The number of nitrogens with one attached hydrogen (secondary N) is 2. The van der Waals surface area contributed by atoms with Gasteiger partial charge in [-0.3, -0.25) is 4.79 Å². The molecule has 142 valence electrons. The van der Waals surface area contributed by atoms with Gasteiger partial charge in [-0.15, -0.1) is 0 Å². The zero-order chi connectivity index (χ0) is 19.2. The van der Waals surface area contributed by atoms with Gasteiger partial charge in [-0.2, -0.15) is 0 Å². The fourth-order valence-electron chi connectivity index (χ4n) is 3.42. The van der Waals surface area contributed by atoms with Crippen molar-refractivity contribution >= 4 is 17.6 Å². The fourth-order valence-corrected chi connectivity index (χ4v) is 3.42. The predicted octanol–water partition coefficient (Wildman–Crippen LogP) is 3.49. The van der Waals surface area contributed by atoms with Crippen molar-refractivity contribution in [1.82, 2.24) is 10.2 Å². The molecule has 1 aliphatic rings. The van der Waals surface area contributed by atoms with Gasteiger partial charge in [0.15, 0.2) is 0 Å². The van der Waals surface area contributed by atoms with Crippen LogP contribution in [0, 0.1) is 0 Å². The van der Waals surface area contributed by atoms with Crippen LogP contribution in [-0.2, 0) is 4.79 Å². The summed E-state index contributed by atoms with van der Waals surface area (Å²) in [5, 5.41) is 5.73. The van der Waals surface area contributed by atoms with Crippen LogP contribution in [0.2, 0.25) is 0 Å². The summed E-state index contributed by atoms with van der Waals surface area (Å²) >= 11 is 0. The summed E-state index contributed by atoms with van der Waals surface area (Å²) in [4.78, 5) is 26.5. The van der Waals surface area contributed by atoms with Crippen LogP contribution in [0.15, 0.2) is 48.5 Å². The standard InChI is InChI=1S/C21H25N3O3/c1-3-22-20(25)18-11-7-13-24(18)21(26)23-16-9-6-8-15(14-16)17-10-4-5-12-19(17)27-2/h4-6,8-10,12,14,18H,3,7,11,13H2,1-2H3,(H,22,25)(H,23,26). The van der Waals surface area contributed by atoms with Crippen LogP contribution in [0.4, 0.5) is 10.5 Å². The van der Waals surface area contributed by atoms with Crippen LogP contribution in [0.25, 0.3) is 11.1 Å². The molecular formula is C21H25N3O3. The predicted molar refractivity (Wildman–Crippen MR) is 106 cm³/mol. The molecule has 2 N–H and O–H groups in total. The molecule has 1 heterocycles. The summed E-state index contributed by atoms with van der Waals surface area (Å²) < 4.78 is 5.43. The summed E-state index contributed by atoms with van der Waals surface area (Å²) in [6.07, 6.45) is 1.52. The minimum atomic E-state index is -0.401. The Kier molecular flexibility index (Phi) is 5.96. The number of hydrogen-bond acceptors (Lipinski definition) is 3. The highest BCUT2D eigenvalue weighted by molar-refractivity contribution is 5.94. The lowest BCUT2D eigenvalue weighted by molar-refractivity contribution is -0.124. The highest BCUT2D eigenvalue weighted by Gasteiger charge is 2.33. The molecule has 3 rings (SSSR count). The molecule has 6 heteroatoms. The number of hydrogen-bond donors (Lipinski definition) is 2. The third-order valence-corrected chi connectivity index (χ3v) is 4.70. The van der Waals surface area contributed by atoms with Gasteiger partial charge in [-0.25, -0.2) is 4.79 Å². The van der Waals surface area contributed by atoms with Crippen molar-refractivity contribution in [2.45, 2.75) is 25.8 Å². The first-order chi connectivity index (χ1) is 13.1. The number of methoxy groups -OCH3 is 1. The van der Waals surface area contributed by atoms with Gasteiger partial charge in [-0.05, 0) is 43.5 Å². The average Bonchev–Trinajstić information content (AvgIpc) is 3.18. The van der Waals surface area contributed by atoms with E-state index in [0.717, 1.165) is 23.3 Å². The molecule has 0 bridgehead atoms. The van der Waals surface area contributed by atoms with Crippen molar-refractivity contribution in [2.75, 3.05) is 25.5 Å². The van der Waals surface area contributed by atoms with Crippen molar-refractivity contribution in [3.8, 4) is 16.9 Å². The molecule has 27 heavy (non-hydrogen) atoms. The number of ether oxygens (including phenoxy) is 1. The number of urea groups is 1. The number of amides is 3. The molecule has 0 spiro atoms. The summed E-state index contributed by atoms with van der Waals surface area (Å²) in [6, 6.07) is 14.7. The third kappa shape index (κ3) is 4.22. The van der Waals surface area contributed by atoms with Crippen LogP contribution in [-0.4, -0.2) is 43.1 Å². The normalized spacial score (nSPS) is 16.1. The topological polar surface area (TPSA) is 70.7 Å². The molecule has 1 saturated heterocycles. The van der Waals surface area contributed by atoms with E-state index in [1.807, 2.05) is 55.5 Å². The molecule has 6 nitrogen and oxygen atoms in total. The molecule has 0 aliphatic carbocycles. The van der Waals surface area contributed by atoms with Crippen molar-refractivity contribution in [3.05, 3.63) is 48.5 Å². The van der Waals surface area contributed by atoms with Gasteiger partial charge in [0.25, 0.3) is 0 Å². The lowest BCUT2D eigenvalue weighted by Crippen LogP contribution is -2.47. The summed E-state index contributed by atoms with van der Waals surface area (Å²) in [6.45, 7) is 3.02. The van der Waals surface area contributed by atoms with E-state index in [4.69, 9.17) is 4.74 Å². The van der Waals surface area contributed by atoms with Gasteiger partial charge >= 0.3 is 6.03 Å². The molecule has 0 aromatic heterocycles. The van der Waals surface area contributed by atoms with E-state index in [2.05, 4.69) is 10.6 Å². The number of likely N-dealkylation sites (tertiary alicyclic amines) is 1. The quantitative estimate of drug-likeness (QED) is 0.850. The van der Waals surface area contributed by atoms with Crippen molar-refractivity contribution < 1.29 is 14.3 Å². The second kappa shape index (κ2) is 8.58. The molecule has 1 fully saturated rings. The Bertz CT molecular complexity index is 822. The molecule has 0 radical (unpaired) electrons. The highest BCUT2D eigenvalue weighted by atomic mass is 16.5. The minimum absolute atomic E-state index is 0.0899. The zero-order valence-electron chi connectivity index (χ0n) is 15.7. The largest absolute Gasteiger partial charge is 0.496 e.